The van der Waals surface area contributed by atoms with Crippen LogP contribution in [0.15, 0.2) is 52.9 Å². The first kappa shape index (κ1) is 20.1. The smallest absolute Gasteiger partial charge is 0.254 e. The van der Waals surface area contributed by atoms with Crippen molar-refractivity contribution in [3.63, 3.8) is 0 Å². The van der Waals surface area contributed by atoms with Gasteiger partial charge in [-0.15, -0.1) is 10.2 Å². The van der Waals surface area contributed by atoms with E-state index in [4.69, 9.17) is 14.9 Å². The summed E-state index contributed by atoms with van der Waals surface area (Å²) in [6, 6.07) is 16.0. The molecule has 28 heavy (non-hydrogen) atoms. The molecule has 0 aliphatic heterocycles. The highest BCUT2D eigenvalue weighted by Gasteiger charge is 2.18. The van der Waals surface area contributed by atoms with Gasteiger partial charge in [-0.2, -0.15) is 0 Å². The number of aromatic nitrogens is 2. The van der Waals surface area contributed by atoms with Crippen LogP contribution in [0.5, 0.6) is 5.75 Å². The SMILES string of the molecule is CCC.NCC1CCc2cc(OCc3nnc(-c4ccccc4)o3)ccc2C1. The average Bonchev–Trinajstić information content (AvgIpc) is 3.22. The molecule has 3 aromatic rings. The van der Waals surface area contributed by atoms with Crippen LogP contribution in [0.2, 0.25) is 0 Å². The van der Waals surface area contributed by atoms with E-state index in [0.29, 0.717) is 17.7 Å². The van der Waals surface area contributed by atoms with Crippen molar-refractivity contribution in [2.75, 3.05) is 6.54 Å². The van der Waals surface area contributed by atoms with Gasteiger partial charge in [0.05, 0.1) is 0 Å². The van der Waals surface area contributed by atoms with E-state index in [-0.39, 0.29) is 6.61 Å². The fourth-order valence-electron chi connectivity index (χ4n) is 3.25. The van der Waals surface area contributed by atoms with Gasteiger partial charge in [0, 0.05) is 5.56 Å². The predicted molar refractivity (Wildman–Crippen MR) is 111 cm³/mol. The van der Waals surface area contributed by atoms with Crippen LogP contribution in [0.1, 0.15) is 43.7 Å². The number of benzene rings is 2. The second-order valence-corrected chi connectivity index (χ2v) is 7.14. The number of nitrogens with two attached hydrogens (primary N) is 1. The summed E-state index contributed by atoms with van der Waals surface area (Å²) in [5.74, 6) is 2.43. The molecule has 0 radical (unpaired) electrons. The number of ether oxygens (including phenoxy) is 1. The van der Waals surface area contributed by atoms with Crippen molar-refractivity contribution in [3.8, 4) is 17.2 Å². The van der Waals surface area contributed by atoms with Crippen molar-refractivity contribution < 1.29 is 9.15 Å². The van der Waals surface area contributed by atoms with E-state index in [0.717, 1.165) is 37.1 Å². The monoisotopic (exact) mass is 379 g/mol. The Hall–Kier alpha value is -2.66. The average molecular weight is 380 g/mol. The number of hydrogen-bond acceptors (Lipinski definition) is 5. The summed E-state index contributed by atoms with van der Waals surface area (Å²) >= 11 is 0. The topological polar surface area (TPSA) is 74.2 Å². The van der Waals surface area contributed by atoms with Gasteiger partial charge in [-0.1, -0.05) is 44.5 Å². The summed E-state index contributed by atoms with van der Waals surface area (Å²) in [7, 11) is 0. The molecule has 148 valence electrons. The van der Waals surface area contributed by atoms with Crippen LogP contribution in [0.4, 0.5) is 0 Å². The molecule has 0 spiro atoms. The van der Waals surface area contributed by atoms with Gasteiger partial charge in [-0.25, -0.2) is 0 Å². The van der Waals surface area contributed by atoms with Gasteiger partial charge in [-0.05, 0) is 67.1 Å². The predicted octanol–water partition coefficient (Wildman–Crippen LogP) is 4.80. The molecule has 1 atom stereocenters. The first-order valence-corrected chi connectivity index (χ1v) is 10.1. The van der Waals surface area contributed by atoms with Crippen molar-refractivity contribution in [2.45, 2.75) is 46.1 Å². The molecular formula is C23H29N3O2. The Morgan fingerprint density at radius 3 is 2.61 bits per heavy atom. The Labute approximate surface area is 166 Å². The lowest BCUT2D eigenvalue weighted by molar-refractivity contribution is 0.264. The molecule has 5 heteroatoms. The van der Waals surface area contributed by atoms with E-state index in [1.807, 2.05) is 36.4 Å². The third-order valence-corrected chi connectivity index (χ3v) is 4.69. The van der Waals surface area contributed by atoms with Gasteiger partial charge >= 0.3 is 0 Å². The van der Waals surface area contributed by atoms with Gasteiger partial charge in [0.25, 0.3) is 5.89 Å². The van der Waals surface area contributed by atoms with E-state index in [1.54, 1.807) is 0 Å². The van der Waals surface area contributed by atoms with Crippen LogP contribution >= 0.6 is 0 Å². The molecular weight excluding hydrogens is 350 g/mol. The van der Waals surface area contributed by atoms with Crippen LogP contribution in [0.3, 0.4) is 0 Å². The highest BCUT2D eigenvalue weighted by molar-refractivity contribution is 5.51. The van der Waals surface area contributed by atoms with Crippen molar-refractivity contribution in [3.05, 3.63) is 65.5 Å². The maximum absolute atomic E-state index is 5.84. The Morgan fingerprint density at radius 2 is 1.86 bits per heavy atom. The van der Waals surface area contributed by atoms with Gasteiger partial charge < -0.3 is 14.9 Å². The van der Waals surface area contributed by atoms with Gasteiger partial charge in [0.15, 0.2) is 6.61 Å². The van der Waals surface area contributed by atoms with Gasteiger partial charge in [-0.3, -0.25) is 0 Å². The van der Waals surface area contributed by atoms with Crippen LogP contribution in [-0.2, 0) is 19.4 Å². The third kappa shape index (κ3) is 5.20. The van der Waals surface area contributed by atoms with Crippen molar-refractivity contribution in [1.82, 2.24) is 10.2 Å². The minimum absolute atomic E-state index is 0.268. The molecule has 2 N–H and O–H groups in total. The van der Waals surface area contributed by atoms with E-state index in [9.17, 15) is 0 Å². The number of hydrogen-bond donors (Lipinski definition) is 1. The van der Waals surface area contributed by atoms with Crippen LogP contribution < -0.4 is 10.5 Å². The van der Waals surface area contributed by atoms with Crippen LogP contribution in [-0.4, -0.2) is 16.7 Å². The number of nitrogens with zero attached hydrogens (tertiary/aromatic N) is 2. The zero-order valence-electron chi connectivity index (χ0n) is 16.7. The lowest BCUT2D eigenvalue weighted by Crippen LogP contribution is -2.22. The summed E-state index contributed by atoms with van der Waals surface area (Å²) < 4.78 is 11.5. The summed E-state index contributed by atoms with van der Waals surface area (Å²) in [5.41, 5.74) is 9.45. The molecule has 5 nitrogen and oxygen atoms in total. The van der Waals surface area contributed by atoms with E-state index >= 15 is 0 Å². The lowest BCUT2D eigenvalue weighted by Gasteiger charge is -2.23. The minimum Gasteiger partial charge on any atom is -0.484 e. The molecule has 0 bridgehead atoms. The van der Waals surface area contributed by atoms with E-state index in [1.165, 1.54) is 17.5 Å². The summed E-state index contributed by atoms with van der Waals surface area (Å²) in [6.45, 7) is 5.28. The van der Waals surface area contributed by atoms with Crippen molar-refractivity contribution in [2.24, 2.45) is 11.7 Å². The highest BCUT2D eigenvalue weighted by atomic mass is 16.5. The molecule has 0 fully saturated rings. The molecule has 0 amide bonds. The van der Waals surface area contributed by atoms with Crippen molar-refractivity contribution in [1.29, 1.82) is 0 Å². The summed E-state index contributed by atoms with van der Waals surface area (Å²) in [5, 5.41) is 8.14. The Kier molecular flexibility index (Phi) is 7.20. The third-order valence-electron chi connectivity index (χ3n) is 4.69. The Morgan fingerprint density at radius 1 is 1.07 bits per heavy atom. The molecule has 4 rings (SSSR count). The second-order valence-electron chi connectivity index (χ2n) is 7.14. The maximum Gasteiger partial charge on any atom is 0.254 e. The molecule has 1 heterocycles. The fourth-order valence-corrected chi connectivity index (χ4v) is 3.25. The second kappa shape index (κ2) is 10.0. The number of rotatable bonds is 5. The quantitative estimate of drug-likeness (QED) is 0.689. The normalized spacial score (nSPS) is 15.3. The standard InChI is InChI=1S/C20H21N3O2.C3H8/c21-12-14-6-7-17-11-18(9-8-16(17)10-14)24-13-19-22-23-20(25-19)15-4-2-1-3-5-15;1-3-2/h1-5,8-9,11,14H,6-7,10,12-13,21H2;3H2,1-2H3. The highest BCUT2D eigenvalue weighted by Crippen LogP contribution is 2.28. The largest absolute Gasteiger partial charge is 0.484 e. The molecule has 0 saturated carbocycles. The van der Waals surface area contributed by atoms with E-state index < -0.39 is 0 Å². The lowest BCUT2D eigenvalue weighted by atomic mass is 9.84. The van der Waals surface area contributed by atoms with Crippen molar-refractivity contribution >= 4 is 0 Å². The number of aryl methyl sites for hydroxylation is 1. The molecule has 1 aliphatic rings. The number of fused-ring (bicyclic) bond motifs is 1. The van der Waals surface area contributed by atoms with Crippen LogP contribution in [0.25, 0.3) is 11.5 Å². The fraction of sp³-hybridized carbons (Fsp3) is 0.391. The molecule has 0 saturated heterocycles. The van der Waals surface area contributed by atoms with Gasteiger partial charge in [0.2, 0.25) is 5.89 Å². The molecule has 1 aromatic heterocycles. The zero-order valence-corrected chi connectivity index (χ0v) is 16.7. The molecule has 1 unspecified atom stereocenters. The molecule has 1 aliphatic carbocycles. The summed E-state index contributed by atoms with van der Waals surface area (Å²) in [6.07, 6.45) is 4.53. The maximum atomic E-state index is 5.84. The Balaban J connectivity index is 0.000000706. The Bertz CT molecular complexity index is 861. The van der Waals surface area contributed by atoms with E-state index in [2.05, 4.69) is 36.2 Å². The molecule has 2 aromatic carbocycles. The van der Waals surface area contributed by atoms with Gasteiger partial charge in [0.1, 0.15) is 5.75 Å². The first-order valence-electron chi connectivity index (χ1n) is 10.1. The van der Waals surface area contributed by atoms with Crippen LogP contribution in [0, 0.1) is 5.92 Å². The minimum atomic E-state index is 0.268. The summed E-state index contributed by atoms with van der Waals surface area (Å²) in [4.78, 5) is 0. The zero-order chi connectivity index (χ0) is 19.8. The first-order chi connectivity index (χ1) is 13.7.